The Labute approximate surface area is 122 Å². The molecule has 21 heavy (non-hydrogen) atoms. The van der Waals surface area contributed by atoms with Gasteiger partial charge in [0, 0.05) is 24.5 Å². The Morgan fingerprint density at radius 3 is 3.00 bits per heavy atom. The van der Waals surface area contributed by atoms with E-state index in [1.54, 1.807) is 30.7 Å². The number of hydrogen-bond donors (Lipinski definition) is 1. The number of ether oxygens (including phenoxy) is 1. The molecule has 0 saturated carbocycles. The van der Waals surface area contributed by atoms with Crippen LogP contribution in [-0.2, 0) is 6.54 Å². The first-order chi connectivity index (χ1) is 10.2. The van der Waals surface area contributed by atoms with Gasteiger partial charge in [0.15, 0.2) is 0 Å². The first-order valence-electron chi connectivity index (χ1n) is 6.86. The number of hydrogen-bond acceptors (Lipinski definition) is 3. The minimum atomic E-state index is -0.921. The van der Waals surface area contributed by atoms with Crippen molar-refractivity contribution < 1.29 is 14.6 Å². The second kappa shape index (κ2) is 5.44. The number of rotatable bonds is 4. The molecule has 3 rings (SSSR count). The van der Waals surface area contributed by atoms with Crippen LogP contribution < -0.4 is 4.74 Å². The van der Waals surface area contributed by atoms with E-state index in [9.17, 15) is 4.79 Å². The lowest BCUT2D eigenvalue weighted by atomic mass is 9.93. The molecule has 0 radical (unpaired) electrons. The van der Waals surface area contributed by atoms with Crippen molar-refractivity contribution in [2.45, 2.75) is 19.9 Å². The third kappa shape index (κ3) is 2.54. The van der Waals surface area contributed by atoms with Gasteiger partial charge in [0.25, 0.3) is 0 Å². The van der Waals surface area contributed by atoms with Crippen molar-refractivity contribution >= 4 is 11.5 Å². The molecule has 0 unspecified atom stereocenters. The van der Waals surface area contributed by atoms with Crippen LogP contribution in [0.2, 0.25) is 0 Å². The van der Waals surface area contributed by atoms with E-state index < -0.39 is 5.97 Å². The van der Waals surface area contributed by atoms with Gasteiger partial charge in [-0.05, 0) is 35.8 Å². The molecule has 1 aliphatic rings. The lowest BCUT2D eigenvalue weighted by molar-refractivity contribution is 0.0697. The van der Waals surface area contributed by atoms with Crippen LogP contribution in [0.25, 0.3) is 5.57 Å². The van der Waals surface area contributed by atoms with Crippen molar-refractivity contribution in [3.8, 4) is 5.75 Å². The van der Waals surface area contributed by atoms with E-state index >= 15 is 0 Å². The molecule has 0 fully saturated rings. The predicted molar refractivity (Wildman–Crippen MR) is 78.3 cm³/mol. The minimum absolute atomic E-state index is 0.284. The van der Waals surface area contributed by atoms with Crippen molar-refractivity contribution in [3.63, 3.8) is 0 Å². The summed E-state index contributed by atoms with van der Waals surface area (Å²) in [6.45, 7) is 3.31. The molecular formula is C16H16N2O3. The Balaban J connectivity index is 2.04. The molecule has 0 saturated heterocycles. The second-order valence-electron chi connectivity index (χ2n) is 4.98. The van der Waals surface area contributed by atoms with Gasteiger partial charge in [-0.3, -0.25) is 0 Å². The zero-order valence-electron chi connectivity index (χ0n) is 11.7. The monoisotopic (exact) mass is 284 g/mol. The smallest absolute Gasteiger partial charge is 0.335 e. The van der Waals surface area contributed by atoms with E-state index in [0.717, 1.165) is 28.9 Å². The topological polar surface area (TPSA) is 64.4 Å². The fourth-order valence-corrected chi connectivity index (χ4v) is 2.65. The number of carboxylic acids is 1. The highest BCUT2D eigenvalue weighted by atomic mass is 16.5. The van der Waals surface area contributed by atoms with E-state index in [-0.39, 0.29) is 5.56 Å². The molecule has 1 aromatic heterocycles. The van der Waals surface area contributed by atoms with Crippen LogP contribution in [0, 0.1) is 0 Å². The SMILES string of the molecule is CCC1=C(Cn2ccnc2)COc2ccc(C(=O)O)cc21. The Hall–Kier alpha value is -2.56. The average molecular weight is 284 g/mol. The molecular weight excluding hydrogens is 268 g/mol. The van der Waals surface area contributed by atoms with Crippen LogP contribution in [0.5, 0.6) is 5.75 Å². The summed E-state index contributed by atoms with van der Waals surface area (Å²) >= 11 is 0. The summed E-state index contributed by atoms with van der Waals surface area (Å²) in [4.78, 5) is 15.2. The average Bonchev–Trinajstić information content (AvgIpc) is 2.99. The van der Waals surface area contributed by atoms with Gasteiger partial charge >= 0.3 is 5.97 Å². The highest BCUT2D eigenvalue weighted by molar-refractivity contribution is 5.90. The quantitative estimate of drug-likeness (QED) is 0.937. The van der Waals surface area contributed by atoms with Crippen LogP contribution in [0.15, 0.2) is 42.5 Å². The molecule has 0 bridgehead atoms. The third-order valence-electron chi connectivity index (χ3n) is 3.67. The first-order valence-corrected chi connectivity index (χ1v) is 6.86. The summed E-state index contributed by atoms with van der Waals surface area (Å²) in [7, 11) is 0. The maximum Gasteiger partial charge on any atom is 0.335 e. The molecule has 1 aromatic carbocycles. The van der Waals surface area contributed by atoms with E-state index in [1.165, 1.54) is 0 Å². The summed E-state index contributed by atoms with van der Waals surface area (Å²) in [6.07, 6.45) is 6.25. The maximum absolute atomic E-state index is 11.2. The molecule has 5 heteroatoms. The van der Waals surface area contributed by atoms with Crippen molar-refractivity contribution in [3.05, 3.63) is 53.6 Å². The highest BCUT2D eigenvalue weighted by Crippen LogP contribution is 2.36. The Morgan fingerprint density at radius 1 is 1.48 bits per heavy atom. The number of carbonyl (C=O) groups is 1. The predicted octanol–water partition coefficient (Wildman–Crippen LogP) is 2.84. The van der Waals surface area contributed by atoms with E-state index in [2.05, 4.69) is 11.9 Å². The molecule has 5 nitrogen and oxygen atoms in total. The normalized spacial score (nSPS) is 13.8. The van der Waals surface area contributed by atoms with Gasteiger partial charge in [0.1, 0.15) is 12.4 Å². The second-order valence-corrected chi connectivity index (χ2v) is 4.98. The van der Waals surface area contributed by atoms with Gasteiger partial charge in [-0.25, -0.2) is 9.78 Å². The standard InChI is InChI=1S/C16H16N2O3/c1-2-13-12(8-18-6-5-17-10-18)9-21-15-4-3-11(16(19)20)7-14(13)15/h3-7,10H,2,8-9H2,1H3,(H,19,20). The summed E-state index contributed by atoms with van der Waals surface area (Å²) in [5.74, 6) is -0.166. The number of carboxylic acid groups (broad SMARTS) is 1. The van der Waals surface area contributed by atoms with Gasteiger partial charge in [0.2, 0.25) is 0 Å². The summed E-state index contributed by atoms with van der Waals surface area (Å²) in [5, 5.41) is 9.15. The number of imidazole rings is 1. The zero-order valence-corrected chi connectivity index (χ0v) is 11.7. The minimum Gasteiger partial charge on any atom is -0.489 e. The number of nitrogens with zero attached hydrogens (tertiary/aromatic N) is 2. The van der Waals surface area contributed by atoms with Crippen LogP contribution in [0.4, 0.5) is 0 Å². The lowest BCUT2D eigenvalue weighted by Gasteiger charge is -2.24. The molecule has 0 aliphatic carbocycles. The Bertz CT molecular complexity index is 702. The van der Waals surface area contributed by atoms with E-state index in [1.807, 2.05) is 10.8 Å². The molecule has 1 N–H and O–H groups in total. The van der Waals surface area contributed by atoms with E-state index in [4.69, 9.17) is 9.84 Å². The number of benzene rings is 1. The number of aromatic nitrogens is 2. The van der Waals surface area contributed by atoms with Crippen molar-refractivity contribution in [1.82, 2.24) is 9.55 Å². The Kier molecular flexibility index (Phi) is 3.48. The summed E-state index contributed by atoms with van der Waals surface area (Å²) < 4.78 is 7.75. The van der Waals surface area contributed by atoms with Crippen molar-refractivity contribution in [1.29, 1.82) is 0 Å². The summed E-state index contributed by atoms with van der Waals surface area (Å²) in [6, 6.07) is 5.02. The number of allylic oxidation sites excluding steroid dienone is 1. The third-order valence-corrected chi connectivity index (χ3v) is 3.67. The van der Waals surface area contributed by atoms with Gasteiger partial charge < -0.3 is 14.4 Å². The highest BCUT2D eigenvalue weighted by Gasteiger charge is 2.20. The van der Waals surface area contributed by atoms with Crippen LogP contribution in [0.3, 0.4) is 0 Å². The molecule has 0 spiro atoms. The van der Waals surface area contributed by atoms with Gasteiger partial charge in [-0.2, -0.15) is 0 Å². The molecule has 0 atom stereocenters. The Morgan fingerprint density at radius 2 is 2.33 bits per heavy atom. The molecule has 108 valence electrons. The number of aromatic carboxylic acids is 1. The van der Waals surface area contributed by atoms with E-state index in [0.29, 0.717) is 13.2 Å². The fraction of sp³-hybridized carbons (Fsp3) is 0.250. The first kappa shape index (κ1) is 13.4. The molecule has 2 heterocycles. The maximum atomic E-state index is 11.2. The summed E-state index contributed by atoms with van der Waals surface area (Å²) in [5.41, 5.74) is 3.49. The fourth-order valence-electron chi connectivity index (χ4n) is 2.65. The lowest BCUT2D eigenvalue weighted by Crippen LogP contribution is -2.16. The van der Waals surface area contributed by atoms with Gasteiger partial charge in [0.05, 0.1) is 11.9 Å². The van der Waals surface area contributed by atoms with Crippen LogP contribution >= 0.6 is 0 Å². The van der Waals surface area contributed by atoms with Gasteiger partial charge in [-0.15, -0.1) is 0 Å². The van der Waals surface area contributed by atoms with Crippen LogP contribution in [-0.4, -0.2) is 27.2 Å². The number of fused-ring (bicyclic) bond motifs is 1. The van der Waals surface area contributed by atoms with Gasteiger partial charge in [-0.1, -0.05) is 6.92 Å². The molecule has 2 aromatic rings. The molecule has 1 aliphatic heterocycles. The van der Waals surface area contributed by atoms with Crippen LogP contribution in [0.1, 0.15) is 29.3 Å². The zero-order chi connectivity index (χ0) is 14.8. The van der Waals surface area contributed by atoms with Crippen molar-refractivity contribution in [2.24, 2.45) is 0 Å². The largest absolute Gasteiger partial charge is 0.489 e. The molecule has 0 amide bonds. The van der Waals surface area contributed by atoms with Crippen molar-refractivity contribution in [2.75, 3.05) is 6.61 Å².